The third kappa shape index (κ3) is 62.6. The summed E-state index contributed by atoms with van der Waals surface area (Å²) < 4.78 is 74.6. The zero-order chi connectivity index (χ0) is 91.5. The van der Waals surface area contributed by atoms with Gasteiger partial charge in [-0.3, -0.25) is 29.7 Å². The summed E-state index contributed by atoms with van der Waals surface area (Å²) >= 11 is 0. The number of nitrogen functional groups attached to an aromatic ring is 2. The lowest BCUT2D eigenvalue weighted by atomic mass is 10.2. The largest absolute Gasteiger partial charge is 0.481 e. The number of hydrogen-bond acceptors (Lipinski definition) is 31. The van der Waals surface area contributed by atoms with E-state index in [1.807, 2.05) is 167 Å². The van der Waals surface area contributed by atoms with Crippen molar-refractivity contribution < 1.29 is 41.3 Å². The van der Waals surface area contributed by atoms with Gasteiger partial charge in [-0.2, -0.15) is 32.1 Å². The van der Waals surface area contributed by atoms with Crippen molar-refractivity contribution in [3.05, 3.63) is 415 Å². The lowest BCUT2D eigenvalue weighted by molar-refractivity contribution is -0.145. The Kier molecular flexibility index (Phi) is 61.6. The van der Waals surface area contributed by atoms with Crippen LogP contribution in [0.1, 0.15) is 29.3 Å². The van der Waals surface area contributed by atoms with Crippen LogP contribution in [0.15, 0.2) is 380 Å². The summed E-state index contributed by atoms with van der Waals surface area (Å²) in [5.41, 5.74) is 13.2. The first-order valence-corrected chi connectivity index (χ1v) is 37.4. The van der Waals surface area contributed by atoms with Crippen LogP contribution in [0.2, 0.25) is 0 Å². The zero-order valence-corrected chi connectivity index (χ0v) is 70.5. The molecule has 656 valence electrons. The SMILES string of the molecule is CN(C)c1ncccn1.COc1ccccn1.COc1ccccn1.COc1ncccn1.Cc1ccccn1.Cc1ccccn1.Cn1cccn1.FC(F)(F)c1ncccn1.Fc1ccccn1.Fc1ccccn1.Nc1ccccn1.Nc1ncccn1.OCc1ccccn1.c1ccncc1.c1cn[nH]c1.c1cnc(N2CCC2)nc1.c1cncnc1. The first kappa shape index (κ1) is 106. The van der Waals surface area contributed by atoms with Gasteiger partial charge in [-0.15, -0.1) is 0 Å². The molecule has 0 aromatic carbocycles. The molecule has 0 unspecified atom stereocenters. The Labute approximate surface area is 728 Å². The summed E-state index contributed by atoms with van der Waals surface area (Å²) in [4.78, 5) is 82.2. The third-order valence-corrected chi connectivity index (χ3v) is 13.0. The van der Waals surface area contributed by atoms with Gasteiger partial charge in [0.25, 0.3) is 0 Å². The molecule has 0 spiro atoms. The molecule has 0 amide bonds. The van der Waals surface area contributed by atoms with E-state index < -0.39 is 23.9 Å². The number of pyridine rings is 9. The van der Waals surface area contributed by atoms with Crippen molar-refractivity contribution in [1.82, 2.24) is 125 Å². The number of hydrogen-bond donors (Lipinski definition) is 4. The minimum absolute atomic E-state index is 0.0286. The van der Waals surface area contributed by atoms with Gasteiger partial charge in [0.15, 0.2) is 0 Å². The quantitative estimate of drug-likeness (QED) is 0.0887. The van der Waals surface area contributed by atoms with Gasteiger partial charge in [0.1, 0.15) is 12.1 Å². The maximum Gasteiger partial charge on any atom is 0.451 e. The molecule has 1 saturated heterocycles. The molecule has 33 nitrogen and oxygen atoms in total. The number of aryl methyl sites for hydroxylation is 3. The second kappa shape index (κ2) is 73.6. The number of H-pyrrole nitrogens is 1. The predicted octanol–water partition coefficient (Wildman–Crippen LogP) is 14.3. The van der Waals surface area contributed by atoms with Crippen molar-refractivity contribution in [2.75, 3.05) is 69.8 Å². The van der Waals surface area contributed by atoms with E-state index in [4.69, 9.17) is 30.8 Å². The van der Waals surface area contributed by atoms with Crippen molar-refractivity contribution >= 4 is 23.7 Å². The summed E-state index contributed by atoms with van der Waals surface area (Å²) in [6.07, 6.45) is 41.0. The fourth-order valence-electron chi connectivity index (χ4n) is 7.15. The van der Waals surface area contributed by atoms with E-state index >= 15 is 0 Å². The smallest absolute Gasteiger partial charge is 0.451 e. The molecule has 38 heteroatoms. The van der Waals surface area contributed by atoms with Crippen LogP contribution in [0.3, 0.4) is 0 Å². The normalized spacial score (nSPS) is 9.49. The molecule has 0 aliphatic carbocycles. The van der Waals surface area contributed by atoms with Gasteiger partial charge in [-0.05, 0) is 166 Å². The number of halogens is 5. The number of alkyl halides is 3. The number of rotatable bonds is 6. The molecule has 6 N–H and O–H groups in total. The number of ether oxygens (including phenoxy) is 3. The number of aliphatic hydroxyl groups excluding tert-OH is 1. The number of nitrogens with two attached hydrogens (primary N) is 2. The predicted molar refractivity (Wildman–Crippen MR) is 472 cm³/mol. The number of aromatic amines is 1. The van der Waals surface area contributed by atoms with Gasteiger partial charge >= 0.3 is 12.2 Å². The highest BCUT2D eigenvalue weighted by atomic mass is 19.4. The van der Waals surface area contributed by atoms with Crippen LogP contribution in [-0.2, 0) is 19.8 Å². The summed E-state index contributed by atoms with van der Waals surface area (Å²) in [6, 6.07) is 62.9. The van der Waals surface area contributed by atoms with Crippen LogP contribution in [0.25, 0.3) is 0 Å². The minimum atomic E-state index is -4.43. The Balaban J connectivity index is 0.000000454. The van der Waals surface area contributed by atoms with E-state index in [0.717, 1.165) is 48.8 Å². The molecule has 17 aromatic rings. The number of aromatic nitrogens is 25. The number of methoxy groups -OCH3 is 3. The van der Waals surface area contributed by atoms with Crippen molar-refractivity contribution in [2.45, 2.75) is 33.1 Å². The molecule has 1 fully saturated rings. The molecule has 17 aromatic heterocycles. The maximum atomic E-state index is 11.8. The average molecular weight is 1720 g/mol. The summed E-state index contributed by atoms with van der Waals surface area (Å²) in [5.74, 6) is 1.87. The van der Waals surface area contributed by atoms with Crippen LogP contribution in [0.4, 0.5) is 45.6 Å². The Hall–Kier alpha value is -16.5. The highest BCUT2D eigenvalue weighted by Gasteiger charge is 2.33. The van der Waals surface area contributed by atoms with Gasteiger partial charge in [0, 0.05) is 219 Å². The van der Waals surface area contributed by atoms with E-state index in [9.17, 15) is 22.0 Å². The molecule has 1 aliphatic heterocycles. The maximum absolute atomic E-state index is 11.8. The zero-order valence-electron chi connectivity index (χ0n) is 70.5. The van der Waals surface area contributed by atoms with E-state index in [2.05, 4.69) is 125 Å². The van der Waals surface area contributed by atoms with E-state index in [0.29, 0.717) is 35.2 Å². The molecular weight excluding hydrogens is 1620 g/mol. The molecule has 18 rings (SSSR count). The highest BCUT2D eigenvalue weighted by molar-refractivity contribution is 5.31. The van der Waals surface area contributed by atoms with Crippen LogP contribution in [-0.4, -0.2) is 178 Å². The third-order valence-electron chi connectivity index (χ3n) is 13.0. The van der Waals surface area contributed by atoms with Gasteiger partial charge in [0.05, 0.1) is 33.6 Å². The van der Waals surface area contributed by atoms with Crippen LogP contribution >= 0.6 is 0 Å². The molecular formula is C88H100F5N29O4. The molecule has 0 bridgehead atoms. The fraction of sp³-hybridized carbons (Fsp3) is 0.148. The second-order valence-electron chi connectivity index (χ2n) is 22.8. The molecule has 1 aliphatic rings. The van der Waals surface area contributed by atoms with Gasteiger partial charge < -0.3 is 40.6 Å². The van der Waals surface area contributed by atoms with Crippen molar-refractivity contribution in [2.24, 2.45) is 7.05 Å². The fourth-order valence-corrected chi connectivity index (χ4v) is 7.15. The topological polar surface area (TPSA) is 424 Å². The van der Waals surface area contributed by atoms with Crippen molar-refractivity contribution in [1.29, 1.82) is 0 Å². The first-order valence-electron chi connectivity index (χ1n) is 37.4. The Morgan fingerprint density at radius 2 is 0.817 bits per heavy atom. The Morgan fingerprint density at radius 1 is 0.405 bits per heavy atom. The lowest BCUT2D eigenvalue weighted by Crippen LogP contribution is -2.38. The minimum Gasteiger partial charge on any atom is -0.481 e. The molecule has 126 heavy (non-hydrogen) atoms. The van der Waals surface area contributed by atoms with Gasteiger partial charge in [0.2, 0.25) is 47.3 Å². The van der Waals surface area contributed by atoms with E-state index in [1.165, 1.54) is 50.5 Å². The molecule has 0 saturated carbocycles. The van der Waals surface area contributed by atoms with Crippen molar-refractivity contribution in [3.8, 4) is 17.8 Å². The average Bonchev–Trinajstić information content (AvgIpc) is 1.82. The second-order valence-corrected chi connectivity index (χ2v) is 22.8. The summed E-state index contributed by atoms with van der Waals surface area (Å²) in [5, 5.41) is 18.5. The summed E-state index contributed by atoms with van der Waals surface area (Å²) in [6.45, 7) is 6.20. The van der Waals surface area contributed by atoms with E-state index in [-0.39, 0.29) is 6.61 Å². The Bertz CT molecular complexity index is 4500. The summed E-state index contributed by atoms with van der Waals surface area (Å²) in [7, 11) is 10.4. The van der Waals surface area contributed by atoms with Crippen LogP contribution in [0, 0.1) is 25.7 Å². The number of aliphatic hydroxyl groups is 1. The molecule has 0 radical (unpaired) electrons. The highest BCUT2D eigenvalue weighted by Crippen LogP contribution is 2.24. The standard InChI is InChI=1S/C7H9N3.C6H9N3.3C6H7NO.2C6H7N.C5H3F3N2.2C5H4FN.C5H6N2O.C5H6N2.C5H5N.C4H5N3.C4H6N2.C4H4N2.C3H4N2/c1-3-8-7(9-4-1)10-5-2-6-10;1-9(2)6-7-4-3-5-8-6;2*1-8-6-4-2-3-5-7-6;8-5-6-3-1-2-4-7-6;2*1-6-4-2-3-5-7-6;6-5(7,8)4-9-2-1-3-10-4;2*6-5-3-1-2-4-7-5;1-8-5-6-3-2-4-7-5;6-5-3-1-2-4-7-5;1-2-4-6-5-3-1;5-4-6-2-1-3-7-4;1-6-4-2-3-5-6;1-2-5-4-6-3-1;1-2-4-5-3-1/h1,3-4H,2,5-6H2;3-5H,1-2H3;2*2-5H,1H3;1-4,8H,5H2;2*2-5H,1H3;1-3H;2*1-4H;2-4H,1H3;1-4H,(H2,6,7);1-5H;1-3H,(H2,5,6,7);2-4H,1H3;1-4H;1-3H,(H,4,5). The van der Waals surface area contributed by atoms with E-state index in [1.54, 1.807) is 222 Å². The van der Waals surface area contributed by atoms with Crippen molar-refractivity contribution in [3.63, 3.8) is 0 Å². The van der Waals surface area contributed by atoms with Crippen LogP contribution in [0.5, 0.6) is 17.8 Å². The van der Waals surface area contributed by atoms with Gasteiger partial charge in [-0.1, -0.05) is 54.6 Å². The Morgan fingerprint density at radius 3 is 1.01 bits per heavy atom. The molecule has 18 heterocycles. The number of nitrogens with one attached hydrogen (secondary N) is 1. The molecule has 0 atom stereocenters. The number of nitrogens with zero attached hydrogens (tertiary/aromatic N) is 26. The monoisotopic (exact) mass is 1720 g/mol. The van der Waals surface area contributed by atoms with Gasteiger partial charge in [-0.25, -0.2) is 84.7 Å². The number of anilines is 4. The first-order chi connectivity index (χ1) is 61.4. The van der Waals surface area contributed by atoms with Crippen LogP contribution < -0.4 is 35.5 Å². The lowest BCUT2D eigenvalue weighted by Gasteiger charge is -2.30.